The number of nitrogens with one attached hydrogen (secondary N) is 1. The molecule has 0 aliphatic carbocycles. The summed E-state index contributed by atoms with van der Waals surface area (Å²) < 4.78 is 11.6. The van der Waals surface area contributed by atoms with Gasteiger partial charge in [-0.25, -0.2) is 0 Å². The van der Waals surface area contributed by atoms with Crippen LogP contribution in [0.25, 0.3) is 0 Å². The number of amides is 1. The molecule has 1 aromatic carbocycles. The highest BCUT2D eigenvalue weighted by Crippen LogP contribution is 2.36. The first kappa shape index (κ1) is 14.8. The lowest BCUT2D eigenvalue weighted by Crippen LogP contribution is -2.15. The number of rotatable bonds is 7. The molecule has 1 rings (SSSR count). The number of ether oxygens (including phenoxy) is 2. The number of carbonyl (C=O) groups is 1. The molecular formula is C12H17BrN2O3. The summed E-state index contributed by atoms with van der Waals surface area (Å²) in [7, 11) is 3.45. The van der Waals surface area contributed by atoms with E-state index in [0.717, 1.165) is 16.6 Å². The smallest absolute Gasteiger partial charge is 0.220 e. The maximum Gasteiger partial charge on any atom is 0.220 e. The standard InChI is InChI=1S/C12H17BrN2O3/c1-15-7-8-5-9(13)12(10(6-8)17-2)18-4-3-11(14)16/h5-6,15H,3-4,7H2,1-2H3,(H2,14,16). The Morgan fingerprint density at radius 2 is 2.22 bits per heavy atom. The second-order valence-electron chi connectivity index (χ2n) is 3.70. The van der Waals surface area contributed by atoms with Crippen molar-refractivity contribution in [3.63, 3.8) is 0 Å². The highest BCUT2D eigenvalue weighted by atomic mass is 79.9. The minimum absolute atomic E-state index is 0.174. The van der Waals surface area contributed by atoms with Crippen molar-refractivity contribution in [2.75, 3.05) is 20.8 Å². The van der Waals surface area contributed by atoms with Gasteiger partial charge in [0.05, 0.1) is 24.6 Å². The summed E-state index contributed by atoms with van der Waals surface area (Å²) in [5.41, 5.74) is 6.13. The molecule has 0 bridgehead atoms. The Bertz CT molecular complexity index is 424. The van der Waals surface area contributed by atoms with Gasteiger partial charge in [0.2, 0.25) is 5.91 Å². The van der Waals surface area contributed by atoms with Gasteiger partial charge in [0.25, 0.3) is 0 Å². The number of hydrogen-bond donors (Lipinski definition) is 2. The highest BCUT2D eigenvalue weighted by molar-refractivity contribution is 9.10. The fourth-order valence-corrected chi connectivity index (χ4v) is 2.08. The zero-order chi connectivity index (χ0) is 13.5. The minimum atomic E-state index is -0.392. The van der Waals surface area contributed by atoms with Crippen molar-refractivity contribution >= 4 is 21.8 Å². The van der Waals surface area contributed by atoms with Gasteiger partial charge in [0.1, 0.15) is 0 Å². The van der Waals surface area contributed by atoms with E-state index in [9.17, 15) is 4.79 Å². The predicted molar refractivity (Wildman–Crippen MR) is 72.8 cm³/mol. The lowest BCUT2D eigenvalue weighted by Gasteiger charge is -2.14. The number of benzene rings is 1. The number of nitrogens with two attached hydrogens (primary N) is 1. The largest absolute Gasteiger partial charge is 0.493 e. The highest BCUT2D eigenvalue weighted by Gasteiger charge is 2.11. The Kier molecular flexibility index (Phi) is 5.94. The lowest BCUT2D eigenvalue weighted by molar-refractivity contribution is -0.118. The van der Waals surface area contributed by atoms with Gasteiger partial charge >= 0.3 is 0 Å². The van der Waals surface area contributed by atoms with Crippen LogP contribution in [-0.4, -0.2) is 26.7 Å². The second kappa shape index (κ2) is 7.23. The van der Waals surface area contributed by atoms with Crippen molar-refractivity contribution in [3.8, 4) is 11.5 Å². The fraction of sp³-hybridized carbons (Fsp3) is 0.417. The first-order valence-corrected chi connectivity index (χ1v) is 6.30. The van der Waals surface area contributed by atoms with Gasteiger partial charge in [-0.15, -0.1) is 0 Å². The van der Waals surface area contributed by atoms with Crippen LogP contribution < -0.4 is 20.5 Å². The number of primary amides is 1. The van der Waals surface area contributed by atoms with Gasteiger partial charge in [-0.2, -0.15) is 0 Å². The van der Waals surface area contributed by atoms with Crippen LogP contribution in [0.4, 0.5) is 0 Å². The normalized spacial score (nSPS) is 10.2. The van der Waals surface area contributed by atoms with Gasteiger partial charge in [-0.1, -0.05) is 0 Å². The Labute approximate surface area is 115 Å². The molecule has 6 heteroatoms. The Morgan fingerprint density at radius 1 is 1.50 bits per heavy atom. The molecule has 0 unspecified atom stereocenters. The molecule has 0 aromatic heterocycles. The summed E-state index contributed by atoms with van der Waals surface area (Å²) in [6.07, 6.45) is 0.174. The van der Waals surface area contributed by atoms with Gasteiger partial charge in [-0.05, 0) is 40.7 Å². The van der Waals surface area contributed by atoms with E-state index in [1.807, 2.05) is 19.2 Å². The van der Waals surface area contributed by atoms with Crippen LogP contribution in [0.2, 0.25) is 0 Å². The molecular weight excluding hydrogens is 300 g/mol. The van der Waals surface area contributed by atoms with Gasteiger partial charge in [0, 0.05) is 6.54 Å². The van der Waals surface area contributed by atoms with E-state index >= 15 is 0 Å². The first-order chi connectivity index (χ1) is 8.58. The van der Waals surface area contributed by atoms with Crippen LogP contribution in [0.3, 0.4) is 0 Å². The molecule has 0 fully saturated rings. The molecule has 1 aromatic rings. The van der Waals surface area contributed by atoms with E-state index in [-0.39, 0.29) is 13.0 Å². The van der Waals surface area contributed by atoms with E-state index in [0.29, 0.717) is 11.5 Å². The van der Waals surface area contributed by atoms with Crippen LogP contribution in [0.15, 0.2) is 16.6 Å². The average Bonchev–Trinajstić information content (AvgIpc) is 2.31. The molecule has 1 amide bonds. The molecule has 0 aliphatic rings. The van der Waals surface area contributed by atoms with Gasteiger partial charge in [-0.3, -0.25) is 4.79 Å². The third-order valence-electron chi connectivity index (χ3n) is 2.26. The fourth-order valence-electron chi connectivity index (χ4n) is 1.47. The summed E-state index contributed by atoms with van der Waals surface area (Å²) in [5, 5.41) is 3.06. The van der Waals surface area contributed by atoms with Crippen LogP contribution >= 0.6 is 15.9 Å². The molecule has 18 heavy (non-hydrogen) atoms. The molecule has 0 saturated carbocycles. The third-order valence-corrected chi connectivity index (χ3v) is 2.85. The van der Waals surface area contributed by atoms with Gasteiger partial charge < -0.3 is 20.5 Å². The number of methoxy groups -OCH3 is 1. The van der Waals surface area contributed by atoms with E-state index in [4.69, 9.17) is 15.2 Å². The molecule has 0 heterocycles. The third kappa shape index (κ3) is 4.19. The zero-order valence-electron chi connectivity index (χ0n) is 10.5. The van der Waals surface area contributed by atoms with Crippen molar-refractivity contribution in [2.24, 2.45) is 5.73 Å². The number of carbonyl (C=O) groups excluding carboxylic acids is 1. The van der Waals surface area contributed by atoms with Crippen molar-refractivity contribution in [3.05, 3.63) is 22.2 Å². The summed E-state index contributed by atoms with van der Waals surface area (Å²) in [4.78, 5) is 10.7. The zero-order valence-corrected chi connectivity index (χ0v) is 12.0. The monoisotopic (exact) mass is 316 g/mol. The van der Waals surface area contributed by atoms with Crippen molar-refractivity contribution in [2.45, 2.75) is 13.0 Å². The molecule has 0 saturated heterocycles. The molecule has 3 N–H and O–H groups in total. The van der Waals surface area contributed by atoms with E-state index in [1.54, 1.807) is 7.11 Å². The van der Waals surface area contributed by atoms with Gasteiger partial charge in [0.15, 0.2) is 11.5 Å². The quantitative estimate of drug-likeness (QED) is 0.798. The second-order valence-corrected chi connectivity index (χ2v) is 4.56. The predicted octanol–water partition coefficient (Wildman–Crippen LogP) is 1.43. The molecule has 0 atom stereocenters. The first-order valence-electron chi connectivity index (χ1n) is 5.50. The van der Waals surface area contributed by atoms with Crippen LogP contribution in [-0.2, 0) is 11.3 Å². The molecule has 5 nitrogen and oxygen atoms in total. The topological polar surface area (TPSA) is 73.6 Å². The Hall–Kier alpha value is -1.27. The van der Waals surface area contributed by atoms with Crippen molar-refractivity contribution < 1.29 is 14.3 Å². The summed E-state index contributed by atoms with van der Waals surface area (Å²) in [5.74, 6) is 0.814. The van der Waals surface area contributed by atoms with Crippen molar-refractivity contribution in [1.82, 2.24) is 5.32 Å². The molecule has 0 radical (unpaired) electrons. The molecule has 0 aliphatic heterocycles. The lowest BCUT2D eigenvalue weighted by atomic mass is 10.2. The molecule has 0 spiro atoms. The Morgan fingerprint density at radius 3 is 2.78 bits per heavy atom. The van der Waals surface area contributed by atoms with E-state index in [1.165, 1.54) is 0 Å². The average molecular weight is 317 g/mol. The van der Waals surface area contributed by atoms with Crippen molar-refractivity contribution in [1.29, 1.82) is 0 Å². The van der Waals surface area contributed by atoms with Crippen LogP contribution in [0, 0.1) is 0 Å². The SMILES string of the molecule is CNCc1cc(Br)c(OCCC(N)=O)c(OC)c1. The number of hydrogen-bond acceptors (Lipinski definition) is 4. The summed E-state index contributed by atoms with van der Waals surface area (Å²) in [6.45, 7) is 0.964. The number of halogens is 1. The molecule has 100 valence electrons. The van der Waals surface area contributed by atoms with E-state index < -0.39 is 5.91 Å². The van der Waals surface area contributed by atoms with E-state index in [2.05, 4.69) is 21.2 Å². The maximum atomic E-state index is 10.7. The maximum absolute atomic E-state index is 10.7. The van der Waals surface area contributed by atoms with Crippen LogP contribution in [0.1, 0.15) is 12.0 Å². The minimum Gasteiger partial charge on any atom is -0.493 e. The van der Waals surface area contributed by atoms with Crippen LogP contribution in [0.5, 0.6) is 11.5 Å². The summed E-state index contributed by atoms with van der Waals surface area (Å²) in [6, 6.07) is 3.83. The Balaban J connectivity index is 2.85. The summed E-state index contributed by atoms with van der Waals surface area (Å²) >= 11 is 3.43.